The van der Waals surface area contributed by atoms with Gasteiger partial charge in [-0.05, 0) is 25.0 Å². The molecule has 1 aromatic carbocycles. The molecule has 0 amide bonds. The number of thiazole rings is 1. The van der Waals surface area contributed by atoms with Gasteiger partial charge in [0.1, 0.15) is 5.01 Å². The number of benzene rings is 1. The smallest absolute Gasteiger partial charge is 0.142 e. The monoisotopic (exact) mass is 375 g/mol. The van der Waals surface area contributed by atoms with Crippen LogP contribution >= 0.6 is 22.9 Å². The van der Waals surface area contributed by atoms with Crippen molar-refractivity contribution in [3.8, 4) is 0 Å². The fourth-order valence-electron chi connectivity index (χ4n) is 2.33. The molecule has 4 nitrogen and oxygen atoms in total. The fourth-order valence-corrected chi connectivity index (χ4v) is 3.41. The van der Waals surface area contributed by atoms with Crippen LogP contribution in [0, 0.1) is 5.41 Å². The molecule has 2 aromatic rings. The Morgan fingerprint density at radius 3 is 2.92 bits per heavy atom. The van der Waals surface area contributed by atoms with Crippen LogP contribution in [0.5, 0.6) is 0 Å². The number of para-hydroxylation sites is 1. The van der Waals surface area contributed by atoms with E-state index in [-0.39, 0.29) is 5.71 Å². The van der Waals surface area contributed by atoms with E-state index in [1.807, 2.05) is 12.2 Å². The predicted molar refractivity (Wildman–Crippen MR) is 107 cm³/mol. The van der Waals surface area contributed by atoms with E-state index in [1.165, 1.54) is 11.3 Å². The van der Waals surface area contributed by atoms with E-state index in [0.29, 0.717) is 27.7 Å². The Balaban J connectivity index is 2.22. The molecule has 6 heteroatoms. The third-order valence-corrected chi connectivity index (χ3v) is 4.84. The molecule has 2 rings (SSSR count). The second-order valence-electron chi connectivity index (χ2n) is 5.68. The van der Waals surface area contributed by atoms with Gasteiger partial charge in [0.25, 0.3) is 0 Å². The predicted octanol–water partition coefficient (Wildman–Crippen LogP) is 4.61. The summed E-state index contributed by atoms with van der Waals surface area (Å²) in [4.78, 5) is 5.38. The maximum atomic E-state index is 9.62. The maximum absolute atomic E-state index is 9.62. The average molecular weight is 376 g/mol. The first kappa shape index (κ1) is 19.4. The molecule has 1 atom stereocenters. The normalized spacial score (nSPS) is 13.4. The standard InChI is InChI=1S/C19H22ClN3OS/c1-3-4-6-13(9-12(2)24)10-14-11-23-19(25-14)18(22)15-7-5-8-16(20)17(15)21/h4-9,11-12,22,24H,3,10,21H2,1-2H3/b6-4-,13-9+,22-18?. The number of nitrogens with two attached hydrogens (primary N) is 1. The number of aliphatic hydroxyl groups is 1. The zero-order chi connectivity index (χ0) is 18.4. The highest BCUT2D eigenvalue weighted by molar-refractivity contribution is 7.13. The first-order chi connectivity index (χ1) is 11.9. The Hall–Kier alpha value is -1.95. The molecular formula is C19H22ClN3OS. The molecule has 0 radical (unpaired) electrons. The van der Waals surface area contributed by atoms with Crippen LogP contribution in [-0.2, 0) is 6.42 Å². The number of hydrogen-bond acceptors (Lipinski definition) is 5. The molecular weight excluding hydrogens is 354 g/mol. The van der Waals surface area contributed by atoms with E-state index in [1.54, 1.807) is 31.3 Å². The van der Waals surface area contributed by atoms with Gasteiger partial charge in [-0.1, -0.05) is 48.9 Å². The summed E-state index contributed by atoms with van der Waals surface area (Å²) in [5.74, 6) is 0. The van der Waals surface area contributed by atoms with Gasteiger partial charge in [0.05, 0.1) is 22.5 Å². The molecule has 0 aliphatic rings. The zero-order valence-corrected chi connectivity index (χ0v) is 15.9. The van der Waals surface area contributed by atoms with Crippen LogP contribution in [0.15, 0.2) is 48.2 Å². The maximum Gasteiger partial charge on any atom is 0.142 e. The summed E-state index contributed by atoms with van der Waals surface area (Å²) in [7, 11) is 0. The highest BCUT2D eigenvalue weighted by Crippen LogP contribution is 2.27. The van der Waals surface area contributed by atoms with Gasteiger partial charge in [-0.25, -0.2) is 4.98 Å². The minimum atomic E-state index is -0.506. The van der Waals surface area contributed by atoms with Crippen LogP contribution in [0.25, 0.3) is 0 Å². The van der Waals surface area contributed by atoms with Gasteiger partial charge in [0.2, 0.25) is 0 Å². The van der Waals surface area contributed by atoms with Crippen molar-refractivity contribution >= 4 is 34.3 Å². The van der Waals surface area contributed by atoms with E-state index in [4.69, 9.17) is 22.7 Å². The fraction of sp³-hybridized carbons (Fsp3) is 0.263. The van der Waals surface area contributed by atoms with Gasteiger partial charge in [-0.3, -0.25) is 5.41 Å². The van der Waals surface area contributed by atoms with Crippen molar-refractivity contribution in [2.75, 3.05) is 5.73 Å². The van der Waals surface area contributed by atoms with E-state index in [0.717, 1.165) is 16.9 Å². The molecule has 132 valence electrons. The second-order valence-corrected chi connectivity index (χ2v) is 7.20. The highest BCUT2D eigenvalue weighted by Gasteiger charge is 2.14. The first-order valence-electron chi connectivity index (χ1n) is 8.05. The number of aromatic nitrogens is 1. The van der Waals surface area contributed by atoms with Crippen LogP contribution < -0.4 is 5.73 Å². The van der Waals surface area contributed by atoms with Gasteiger partial charge >= 0.3 is 0 Å². The molecule has 0 bridgehead atoms. The highest BCUT2D eigenvalue weighted by atomic mass is 35.5. The lowest BCUT2D eigenvalue weighted by Gasteiger charge is -2.06. The summed E-state index contributed by atoms with van der Waals surface area (Å²) in [6.07, 6.45) is 8.77. The topological polar surface area (TPSA) is 83.0 Å². The summed E-state index contributed by atoms with van der Waals surface area (Å²) in [6.45, 7) is 3.80. The van der Waals surface area contributed by atoms with Crippen molar-refractivity contribution in [2.24, 2.45) is 0 Å². The lowest BCUT2D eigenvalue weighted by Crippen LogP contribution is -2.05. The molecule has 0 fully saturated rings. The van der Waals surface area contributed by atoms with Crippen LogP contribution in [-0.4, -0.2) is 21.9 Å². The number of nitrogens with zero attached hydrogens (tertiary/aromatic N) is 1. The van der Waals surface area contributed by atoms with Crippen molar-refractivity contribution in [1.82, 2.24) is 4.98 Å². The Morgan fingerprint density at radius 1 is 1.48 bits per heavy atom. The summed E-state index contributed by atoms with van der Waals surface area (Å²) < 4.78 is 0. The van der Waals surface area contributed by atoms with E-state index in [9.17, 15) is 5.11 Å². The van der Waals surface area contributed by atoms with Crippen molar-refractivity contribution in [2.45, 2.75) is 32.8 Å². The molecule has 0 spiro atoms. The molecule has 1 aromatic heterocycles. The van der Waals surface area contributed by atoms with Crippen molar-refractivity contribution in [1.29, 1.82) is 5.41 Å². The van der Waals surface area contributed by atoms with Gasteiger partial charge in [0.15, 0.2) is 0 Å². The van der Waals surface area contributed by atoms with Crippen molar-refractivity contribution < 1.29 is 5.11 Å². The van der Waals surface area contributed by atoms with Gasteiger partial charge in [-0.15, -0.1) is 11.3 Å². The Morgan fingerprint density at radius 2 is 2.24 bits per heavy atom. The minimum absolute atomic E-state index is 0.265. The molecule has 0 saturated heterocycles. The number of nitrogen functional groups attached to an aromatic ring is 1. The van der Waals surface area contributed by atoms with Crippen LogP contribution in [0.3, 0.4) is 0 Å². The number of halogens is 1. The third kappa shape index (κ3) is 5.26. The molecule has 25 heavy (non-hydrogen) atoms. The van der Waals surface area contributed by atoms with Gasteiger partial charge < -0.3 is 10.8 Å². The van der Waals surface area contributed by atoms with Crippen LogP contribution in [0.2, 0.25) is 5.02 Å². The Kier molecular flexibility index (Phi) is 6.93. The van der Waals surface area contributed by atoms with Crippen LogP contribution in [0.4, 0.5) is 5.69 Å². The largest absolute Gasteiger partial charge is 0.397 e. The number of rotatable bonds is 7. The molecule has 0 aliphatic carbocycles. The summed E-state index contributed by atoms with van der Waals surface area (Å²) in [5, 5.41) is 19.0. The van der Waals surface area contributed by atoms with E-state index in [2.05, 4.69) is 18.0 Å². The quantitative estimate of drug-likeness (QED) is 0.375. The SMILES string of the molecule is CC/C=C\C(=C/C(C)O)Cc1cnc(C(=N)c2cccc(Cl)c2N)s1. The average Bonchev–Trinajstić information content (AvgIpc) is 3.02. The number of nitrogens with one attached hydrogen (secondary N) is 1. The van der Waals surface area contributed by atoms with E-state index >= 15 is 0 Å². The molecule has 1 unspecified atom stereocenters. The van der Waals surface area contributed by atoms with E-state index < -0.39 is 6.10 Å². The first-order valence-corrected chi connectivity index (χ1v) is 9.25. The number of aliphatic hydroxyl groups excluding tert-OH is 1. The Labute approximate surface area is 157 Å². The summed E-state index contributed by atoms with van der Waals surface area (Å²) in [5.41, 5.74) is 8.25. The lowest BCUT2D eigenvalue weighted by atomic mass is 10.1. The summed E-state index contributed by atoms with van der Waals surface area (Å²) >= 11 is 7.49. The zero-order valence-electron chi connectivity index (χ0n) is 14.3. The van der Waals surface area contributed by atoms with Gasteiger partial charge in [-0.2, -0.15) is 0 Å². The third-order valence-electron chi connectivity index (χ3n) is 3.49. The molecule has 4 N–H and O–H groups in total. The Bertz CT molecular complexity index is 809. The lowest BCUT2D eigenvalue weighted by molar-refractivity contribution is 0.243. The van der Waals surface area contributed by atoms with Gasteiger partial charge in [0, 0.05) is 23.1 Å². The molecule has 0 aliphatic heterocycles. The summed E-state index contributed by atoms with van der Waals surface area (Å²) in [6, 6.07) is 5.25. The second kappa shape index (κ2) is 8.94. The number of anilines is 1. The van der Waals surface area contributed by atoms with Crippen molar-refractivity contribution in [3.63, 3.8) is 0 Å². The molecule has 0 saturated carbocycles. The number of allylic oxidation sites excluding steroid dienone is 3. The number of hydrogen-bond donors (Lipinski definition) is 3. The molecule has 1 heterocycles. The minimum Gasteiger partial charge on any atom is -0.397 e. The van der Waals surface area contributed by atoms with Crippen molar-refractivity contribution in [3.05, 3.63) is 68.7 Å². The van der Waals surface area contributed by atoms with Crippen LogP contribution in [0.1, 0.15) is 35.7 Å².